The van der Waals surface area contributed by atoms with Gasteiger partial charge in [-0.3, -0.25) is 14.9 Å². The van der Waals surface area contributed by atoms with Crippen LogP contribution in [0.5, 0.6) is 0 Å². The molecule has 2 atom stereocenters. The number of amides is 1. The lowest BCUT2D eigenvalue weighted by Gasteiger charge is -2.22. The average Bonchev–Trinajstić information content (AvgIpc) is 3.04. The predicted molar refractivity (Wildman–Crippen MR) is 66.8 cm³/mol. The van der Waals surface area contributed by atoms with E-state index in [0.29, 0.717) is 11.5 Å². The van der Waals surface area contributed by atoms with E-state index < -0.39 is 4.92 Å². The average molecular weight is 267 g/mol. The number of rotatable bonds is 2. The zero-order valence-corrected chi connectivity index (χ0v) is 10.5. The summed E-state index contributed by atoms with van der Waals surface area (Å²) in [5.41, 5.74) is 0.444. The minimum absolute atomic E-state index is 0.0265. The van der Waals surface area contributed by atoms with E-state index >= 15 is 0 Å². The molecule has 1 amide bonds. The van der Waals surface area contributed by atoms with E-state index in [1.165, 1.54) is 6.07 Å². The van der Waals surface area contributed by atoms with Crippen molar-refractivity contribution in [1.82, 2.24) is 10.2 Å². The van der Waals surface area contributed by atoms with Crippen molar-refractivity contribution in [3.8, 4) is 0 Å². The predicted octanol–water partition coefficient (Wildman–Crippen LogP) is 1.09. The van der Waals surface area contributed by atoms with E-state index in [1.807, 2.05) is 4.90 Å². The van der Waals surface area contributed by atoms with Crippen molar-refractivity contribution in [2.45, 2.75) is 12.5 Å². The Morgan fingerprint density at radius 2 is 2.39 bits per heavy atom. The Kier molecular flexibility index (Phi) is 2.79. The van der Waals surface area contributed by atoms with Crippen LogP contribution in [0.15, 0.2) is 11.4 Å². The fraction of sp³-hybridized carbons (Fsp3) is 0.545. The molecule has 0 aliphatic carbocycles. The van der Waals surface area contributed by atoms with Gasteiger partial charge in [0.1, 0.15) is 0 Å². The Hall–Kier alpha value is -1.47. The van der Waals surface area contributed by atoms with E-state index in [1.54, 1.807) is 5.38 Å². The maximum absolute atomic E-state index is 12.3. The summed E-state index contributed by atoms with van der Waals surface area (Å²) in [6.45, 7) is 2.57. The number of hydrogen-bond acceptors (Lipinski definition) is 5. The van der Waals surface area contributed by atoms with Crippen molar-refractivity contribution >= 4 is 22.2 Å². The zero-order valence-electron chi connectivity index (χ0n) is 9.67. The third-order valence-electron chi connectivity index (χ3n) is 3.72. The van der Waals surface area contributed by atoms with Crippen molar-refractivity contribution in [2.75, 3.05) is 19.6 Å². The standard InChI is InChI=1S/C11H13N3O3S/c15-11(8-3-10(14(16)17)18-6-8)13-2-1-7-4-12-5-9(7)13/h3,6-7,9,12H,1-2,4-5H2/t7-,9+/m1/s1. The highest BCUT2D eigenvalue weighted by molar-refractivity contribution is 7.13. The fourth-order valence-electron chi connectivity index (χ4n) is 2.80. The molecule has 2 aliphatic rings. The molecule has 0 aromatic carbocycles. The molecule has 3 rings (SSSR count). The van der Waals surface area contributed by atoms with Crippen LogP contribution in [0.25, 0.3) is 0 Å². The monoisotopic (exact) mass is 267 g/mol. The van der Waals surface area contributed by atoms with Crippen LogP contribution >= 0.6 is 11.3 Å². The van der Waals surface area contributed by atoms with Crippen LogP contribution in [-0.4, -0.2) is 41.4 Å². The van der Waals surface area contributed by atoms with E-state index in [0.717, 1.165) is 37.4 Å². The molecular weight excluding hydrogens is 254 g/mol. The van der Waals surface area contributed by atoms with Gasteiger partial charge >= 0.3 is 5.00 Å². The first kappa shape index (κ1) is 11.6. The lowest BCUT2D eigenvalue weighted by atomic mass is 10.1. The first-order valence-corrected chi connectivity index (χ1v) is 6.79. The topological polar surface area (TPSA) is 75.5 Å². The van der Waals surface area contributed by atoms with Crippen molar-refractivity contribution in [3.05, 3.63) is 27.1 Å². The van der Waals surface area contributed by atoms with Gasteiger partial charge < -0.3 is 10.2 Å². The Morgan fingerprint density at radius 1 is 1.56 bits per heavy atom. The smallest absolute Gasteiger partial charge is 0.324 e. The molecule has 0 saturated carbocycles. The second-order valence-electron chi connectivity index (χ2n) is 4.70. The highest BCUT2D eigenvalue weighted by Crippen LogP contribution is 2.30. The Labute approximate surface area is 108 Å². The summed E-state index contributed by atoms with van der Waals surface area (Å²) < 4.78 is 0. The molecule has 2 fully saturated rings. The second-order valence-corrected chi connectivity index (χ2v) is 5.59. The molecule has 2 aliphatic heterocycles. The molecule has 6 nitrogen and oxygen atoms in total. The third kappa shape index (κ3) is 1.79. The lowest BCUT2D eigenvalue weighted by Crippen LogP contribution is -2.38. The van der Waals surface area contributed by atoms with E-state index in [2.05, 4.69) is 5.32 Å². The van der Waals surface area contributed by atoms with Crippen LogP contribution in [0.1, 0.15) is 16.8 Å². The van der Waals surface area contributed by atoms with Gasteiger partial charge in [-0.25, -0.2) is 0 Å². The van der Waals surface area contributed by atoms with Gasteiger partial charge in [-0.2, -0.15) is 0 Å². The summed E-state index contributed by atoms with van der Waals surface area (Å²) in [6, 6.07) is 1.64. The van der Waals surface area contributed by atoms with Crippen molar-refractivity contribution in [2.24, 2.45) is 5.92 Å². The van der Waals surface area contributed by atoms with Crippen molar-refractivity contribution in [3.63, 3.8) is 0 Å². The largest absolute Gasteiger partial charge is 0.334 e. The molecule has 96 valence electrons. The minimum Gasteiger partial charge on any atom is -0.334 e. The molecule has 0 bridgehead atoms. The van der Waals surface area contributed by atoms with Gasteiger partial charge in [0, 0.05) is 37.1 Å². The molecule has 0 unspecified atom stereocenters. The number of likely N-dealkylation sites (tertiary alicyclic amines) is 1. The molecule has 0 radical (unpaired) electrons. The highest BCUT2D eigenvalue weighted by atomic mass is 32.1. The number of hydrogen-bond donors (Lipinski definition) is 1. The van der Waals surface area contributed by atoms with Crippen LogP contribution in [0, 0.1) is 16.0 Å². The lowest BCUT2D eigenvalue weighted by molar-refractivity contribution is -0.380. The SMILES string of the molecule is O=C(c1csc([N+](=O)[O-])c1)N1CC[C@@H]2CNC[C@@H]21. The summed E-state index contributed by atoms with van der Waals surface area (Å²) in [7, 11) is 0. The summed E-state index contributed by atoms with van der Waals surface area (Å²) in [6.07, 6.45) is 1.02. The molecular formula is C11H13N3O3S. The molecule has 3 heterocycles. The van der Waals surface area contributed by atoms with Crippen LogP contribution in [0.4, 0.5) is 5.00 Å². The molecule has 2 saturated heterocycles. The Bertz CT molecular complexity index is 501. The number of nitro groups is 1. The van der Waals surface area contributed by atoms with Gasteiger partial charge in [-0.1, -0.05) is 11.3 Å². The van der Waals surface area contributed by atoms with Gasteiger partial charge in [0.15, 0.2) is 0 Å². The van der Waals surface area contributed by atoms with Crippen LogP contribution in [-0.2, 0) is 0 Å². The number of carbonyl (C=O) groups excluding carboxylic acids is 1. The van der Waals surface area contributed by atoms with E-state index in [-0.39, 0.29) is 17.0 Å². The molecule has 18 heavy (non-hydrogen) atoms. The summed E-state index contributed by atoms with van der Waals surface area (Å²) >= 11 is 1.01. The van der Waals surface area contributed by atoms with Gasteiger partial charge in [-0.15, -0.1) is 0 Å². The maximum Gasteiger partial charge on any atom is 0.324 e. The van der Waals surface area contributed by atoms with Crippen LogP contribution in [0.3, 0.4) is 0 Å². The number of nitrogens with zero attached hydrogens (tertiary/aromatic N) is 2. The molecule has 1 N–H and O–H groups in total. The number of nitrogens with one attached hydrogen (secondary N) is 1. The van der Waals surface area contributed by atoms with Crippen LogP contribution < -0.4 is 5.32 Å². The maximum atomic E-state index is 12.3. The van der Waals surface area contributed by atoms with Crippen LogP contribution in [0.2, 0.25) is 0 Å². The summed E-state index contributed by atoms with van der Waals surface area (Å²) in [5.74, 6) is 0.470. The normalized spacial score (nSPS) is 26.3. The highest BCUT2D eigenvalue weighted by Gasteiger charge is 2.40. The second kappa shape index (κ2) is 4.33. The summed E-state index contributed by atoms with van der Waals surface area (Å²) in [5, 5.41) is 15.5. The minimum atomic E-state index is -0.453. The quantitative estimate of drug-likeness (QED) is 0.643. The number of thiophene rings is 1. The Balaban J connectivity index is 1.79. The van der Waals surface area contributed by atoms with E-state index in [9.17, 15) is 14.9 Å². The third-order valence-corrected chi connectivity index (χ3v) is 4.60. The molecule has 7 heteroatoms. The Morgan fingerprint density at radius 3 is 3.11 bits per heavy atom. The van der Waals surface area contributed by atoms with Gasteiger partial charge in [0.2, 0.25) is 0 Å². The summed E-state index contributed by atoms with van der Waals surface area (Å²) in [4.78, 5) is 24.3. The van der Waals surface area contributed by atoms with E-state index in [4.69, 9.17) is 0 Å². The van der Waals surface area contributed by atoms with Crippen molar-refractivity contribution < 1.29 is 9.72 Å². The van der Waals surface area contributed by atoms with Gasteiger partial charge in [-0.05, 0) is 12.3 Å². The molecule has 1 aromatic rings. The van der Waals surface area contributed by atoms with Crippen molar-refractivity contribution in [1.29, 1.82) is 0 Å². The molecule has 0 spiro atoms. The fourth-order valence-corrected chi connectivity index (χ4v) is 3.50. The van der Waals surface area contributed by atoms with Gasteiger partial charge in [0.05, 0.1) is 10.5 Å². The first-order valence-electron chi connectivity index (χ1n) is 5.91. The number of carbonyl (C=O) groups is 1. The zero-order chi connectivity index (χ0) is 12.7. The number of fused-ring (bicyclic) bond motifs is 1. The molecule has 1 aromatic heterocycles. The van der Waals surface area contributed by atoms with Gasteiger partial charge in [0.25, 0.3) is 5.91 Å². The first-order chi connectivity index (χ1) is 8.66.